The second kappa shape index (κ2) is 4.84. The van der Waals surface area contributed by atoms with E-state index in [1.165, 1.54) is 28.9 Å². The quantitative estimate of drug-likeness (QED) is 0.801. The van der Waals surface area contributed by atoms with Gasteiger partial charge >= 0.3 is 0 Å². The van der Waals surface area contributed by atoms with Crippen molar-refractivity contribution in [1.29, 1.82) is 0 Å². The molecule has 0 aliphatic rings. The van der Waals surface area contributed by atoms with E-state index in [1.807, 2.05) is 0 Å². The molecule has 3 rings (SSSR count). The van der Waals surface area contributed by atoms with Crippen molar-refractivity contribution in [3.8, 4) is 0 Å². The minimum Gasteiger partial charge on any atom is -0.349 e. The highest BCUT2D eigenvalue weighted by molar-refractivity contribution is 5.43. The van der Waals surface area contributed by atoms with Crippen molar-refractivity contribution in [3.63, 3.8) is 0 Å². The molecule has 1 aromatic carbocycles. The van der Waals surface area contributed by atoms with Gasteiger partial charge in [0.05, 0.1) is 6.20 Å². The summed E-state index contributed by atoms with van der Waals surface area (Å²) < 4.78 is 40.1. The summed E-state index contributed by atoms with van der Waals surface area (Å²) in [4.78, 5) is 4.12. The van der Waals surface area contributed by atoms with Gasteiger partial charge in [0.25, 0.3) is 0 Å². The number of rotatable bonds is 3. The summed E-state index contributed by atoms with van der Waals surface area (Å²) in [5, 5.41) is 6.88. The largest absolute Gasteiger partial charge is 0.349 e. The lowest BCUT2D eigenvalue weighted by Gasteiger charge is -2.02. The molecule has 2 aromatic heterocycles. The molecule has 2 heterocycles. The molecule has 7 heteroatoms. The number of nitrogens with zero attached hydrogens (tertiary/aromatic N) is 3. The van der Waals surface area contributed by atoms with Crippen molar-refractivity contribution in [3.05, 3.63) is 59.5 Å². The highest BCUT2D eigenvalue weighted by Crippen LogP contribution is 2.11. The summed E-state index contributed by atoms with van der Waals surface area (Å²) in [7, 11) is 0. The standard InChI is InChI=1S/C13H9F3N4/c14-9-2-4-12-18-13(19-20(12)7-9)17-6-8-1-3-10(15)11(16)5-8/h1-5,7H,6H2,(H,17,19). The molecule has 0 aliphatic carbocycles. The molecule has 102 valence electrons. The average molecular weight is 278 g/mol. The summed E-state index contributed by atoms with van der Waals surface area (Å²) >= 11 is 0. The minimum atomic E-state index is -0.908. The van der Waals surface area contributed by atoms with Crippen LogP contribution in [0.15, 0.2) is 36.5 Å². The van der Waals surface area contributed by atoms with Gasteiger partial charge in [-0.2, -0.15) is 4.98 Å². The number of aromatic nitrogens is 3. The van der Waals surface area contributed by atoms with Gasteiger partial charge in [-0.1, -0.05) is 6.07 Å². The second-order valence-corrected chi connectivity index (χ2v) is 4.19. The van der Waals surface area contributed by atoms with Gasteiger partial charge in [-0.15, -0.1) is 5.10 Å². The molecule has 0 radical (unpaired) electrons. The fraction of sp³-hybridized carbons (Fsp3) is 0.0769. The summed E-state index contributed by atoms with van der Waals surface area (Å²) in [5.74, 6) is -1.95. The number of benzene rings is 1. The Morgan fingerprint density at radius 3 is 2.70 bits per heavy atom. The number of hydrogen-bond donors (Lipinski definition) is 1. The Labute approximate surface area is 111 Å². The minimum absolute atomic E-state index is 0.233. The second-order valence-electron chi connectivity index (χ2n) is 4.19. The summed E-state index contributed by atoms with van der Waals surface area (Å²) in [6, 6.07) is 6.38. The Bertz CT molecular complexity index is 769. The van der Waals surface area contributed by atoms with E-state index in [1.54, 1.807) is 0 Å². The molecule has 0 bridgehead atoms. The van der Waals surface area contributed by atoms with Crippen LogP contribution < -0.4 is 5.32 Å². The van der Waals surface area contributed by atoms with Crippen LogP contribution in [0, 0.1) is 17.5 Å². The fourth-order valence-electron chi connectivity index (χ4n) is 1.76. The molecule has 4 nitrogen and oxygen atoms in total. The van der Waals surface area contributed by atoms with Gasteiger partial charge in [0, 0.05) is 6.54 Å². The Kier molecular flexibility index (Phi) is 3.02. The van der Waals surface area contributed by atoms with E-state index < -0.39 is 17.5 Å². The topological polar surface area (TPSA) is 42.2 Å². The lowest BCUT2D eigenvalue weighted by Crippen LogP contribution is -2.02. The maximum atomic E-state index is 13.0. The van der Waals surface area contributed by atoms with E-state index in [4.69, 9.17) is 0 Å². The Balaban J connectivity index is 1.77. The van der Waals surface area contributed by atoms with E-state index in [9.17, 15) is 13.2 Å². The molecule has 3 aromatic rings. The predicted octanol–water partition coefficient (Wildman–Crippen LogP) is 2.76. The normalized spacial score (nSPS) is 10.9. The molecule has 0 aliphatic heterocycles. The van der Waals surface area contributed by atoms with Crippen molar-refractivity contribution >= 4 is 11.6 Å². The van der Waals surface area contributed by atoms with Crippen LogP contribution in [-0.2, 0) is 6.54 Å². The van der Waals surface area contributed by atoms with Crippen molar-refractivity contribution in [2.24, 2.45) is 0 Å². The lowest BCUT2D eigenvalue weighted by molar-refractivity contribution is 0.507. The van der Waals surface area contributed by atoms with Crippen LogP contribution in [0.25, 0.3) is 5.65 Å². The van der Waals surface area contributed by atoms with Crippen LogP contribution in [0.5, 0.6) is 0 Å². The first kappa shape index (κ1) is 12.5. The number of pyridine rings is 1. The first-order valence-corrected chi connectivity index (χ1v) is 5.81. The first-order valence-electron chi connectivity index (χ1n) is 5.81. The van der Waals surface area contributed by atoms with Gasteiger partial charge in [0.2, 0.25) is 5.95 Å². The summed E-state index contributed by atoms with van der Waals surface area (Å²) in [5.41, 5.74) is 1.04. The SMILES string of the molecule is Fc1ccc2nc(NCc3ccc(F)c(F)c3)nn2c1. The van der Waals surface area contributed by atoms with Gasteiger partial charge in [-0.3, -0.25) is 0 Å². The molecule has 0 saturated carbocycles. The third kappa shape index (κ3) is 2.42. The molecule has 0 amide bonds. The van der Waals surface area contributed by atoms with Gasteiger partial charge in [0.1, 0.15) is 5.82 Å². The molecule has 0 spiro atoms. The van der Waals surface area contributed by atoms with Crippen molar-refractivity contribution in [2.45, 2.75) is 6.54 Å². The molecule has 0 fully saturated rings. The smallest absolute Gasteiger partial charge is 0.243 e. The average Bonchev–Trinajstić information content (AvgIpc) is 2.82. The van der Waals surface area contributed by atoms with E-state index in [0.29, 0.717) is 11.2 Å². The zero-order valence-electron chi connectivity index (χ0n) is 10.1. The summed E-state index contributed by atoms with van der Waals surface area (Å²) in [6.07, 6.45) is 1.20. The maximum absolute atomic E-state index is 13.0. The van der Waals surface area contributed by atoms with Gasteiger partial charge < -0.3 is 5.32 Å². The fourth-order valence-corrected chi connectivity index (χ4v) is 1.76. The summed E-state index contributed by atoms with van der Waals surface area (Å²) in [6.45, 7) is 0.233. The molecular formula is C13H9F3N4. The number of nitrogens with one attached hydrogen (secondary N) is 1. The zero-order chi connectivity index (χ0) is 14.1. The highest BCUT2D eigenvalue weighted by atomic mass is 19.2. The number of halogens is 3. The number of hydrogen-bond acceptors (Lipinski definition) is 3. The van der Waals surface area contributed by atoms with E-state index in [-0.39, 0.29) is 12.5 Å². The van der Waals surface area contributed by atoms with Crippen LogP contribution in [0.2, 0.25) is 0 Å². The molecule has 1 N–H and O–H groups in total. The Hall–Kier alpha value is -2.57. The molecular weight excluding hydrogens is 269 g/mol. The van der Waals surface area contributed by atoms with Crippen LogP contribution in [-0.4, -0.2) is 14.6 Å². The number of anilines is 1. The maximum Gasteiger partial charge on any atom is 0.243 e. The van der Waals surface area contributed by atoms with Crippen molar-refractivity contribution in [1.82, 2.24) is 14.6 Å². The van der Waals surface area contributed by atoms with Gasteiger partial charge in [-0.25, -0.2) is 17.7 Å². The van der Waals surface area contributed by atoms with Crippen LogP contribution in [0.4, 0.5) is 19.1 Å². The number of fused-ring (bicyclic) bond motifs is 1. The van der Waals surface area contributed by atoms with E-state index in [2.05, 4.69) is 15.4 Å². The van der Waals surface area contributed by atoms with E-state index in [0.717, 1.165) is 12.1 Å². The monoisotopic (exact) mass is 278 g/mol. The Morgan fingerprint density at radius 1 is 1.05 bits per heavy atom. The van der Waals surface area contributed by atoms with Crippen molar-refractivity contribution < 1.29 is 13.2 Å². The van der Waals surface area contributed by atoms with Crippen LogP contribution in [0.1, 0.15) is 5.56 Å². The zero-order valence-corrected chi connectivity index (χ0v) is 10.1. The lowest BCUT2D eigenvalue weighted by atomic mass is 10.2. The van der Waals surface area contributed by atoms with Crippen LogP contribution >= 0.6 is 0 Å². The van der Waals surface area contributed by atoms with Gasteiger partial charge in [-0.05, 0) is 29.8 Å². The third-order valence-electron chi connectivity index (χ3n) is 2.73. The first-order chi connectivity index (χ1) is 9.61. The third-order valence-corrected chi connectivity index (χ3v) is 2.73. The van der Waals surface area contributed by atoms with E-state index >= 15 is 0 Å². The molecule has 0 atom stereocenters. The molecule has 0 unspecified atom stereocenters. The van der Waals surface area contributed by atoms with Crippen LogP contribution in [0.3, 0.4) is 0 Å². The predicted molar refractivity (Wildman–Crippen MR) is 66.6 cm³/mol. The Morgan fingerprint density at radius 2 is 1.90 bits per heavy atom. The van der Waals surface area contributed by atoms with Crippen molar-refractivity contribution in [2.75, 3.05) is 5.32 Å². The molecule has 20 heavy (non-hydrogen) atoms. The van der Waals surface area contributed by atoms with Gasteiger partial charge in [0.15, 0.2) is 17.3 Å². The molecule has 0 saturated heterocycles. The highest BCUT2D eigenvalue weighted by Gasteiger charge is 2.06.